The second-order valence-electron chi connectivity index (χ2n) is 6.13. The molecular formula is C18H28Cl2N2O3. The number of carbonyl (C=O) groups is 1. The van der Waals surface area contributed by atoms with E-state index in [4.69, 9.17) is 21.1 Å². The van der Waals surface area contributed by atoms with Crippen LogP contribution in [-0.4, -0.2) is 51.2 Å². The Morgan fingerprint density at radius 3 is 2.60 bits per heavy atom. The van der Waals surface area contributed by atoms with Crippen LogP contribution in [0, 0.1) is 5.92 Å². The van der Waals surface area contributed by atoms with Gasteiger partial charge < -0.3 is 19.7 Å². The third kappa shape index (κ3) is 5.66. The van der Waals surface area contributed by atoms with Crippen LogP contribution < -0.4 is 14.8 Å². The Morgan fingerprint density at radius 1 is 1.36 bits per heavy atom. The smallest absolute Gasteiger partial charge is 0.254 e. The summed E-state index contributed by atoms with van der Waals surface area (Å²) in [5.41, 5.74) is 0.549. The Labute approximate surface area is 161 Å². The van der Waals surface area contributed by atoms with Crippen molar-refractivity contribution in [1.82, 2.24) is 10.2 Å². The van der Waals surface area contributed by atoms with Crippen molar-refractivity contribution in [2.75, 3.05) is 40.4 Å². The van der Waals surface area contributed by atoms with Gasteiger partial charge in [-0.2, -0.15) is 0 Å². The SMILES string of the molecule is CCCOc1c(Cl)cc(C(=O)N2CCC(CNC)CC2)cc1OC.Cl. The molecule has 1 heterocycles. The molecule has 2 rings (SSSR count). The largest absolute Gasteiger partial charge is 0.493 e. The lowest BCUT2D eigenvalue weighted by Crippen LogP contribution is -2.40. The number of hydrogen-bond acceptors (Lipinski definition) is 4. The molecule has 1 amide bonds. The van der Waals surface area contributed by atoms with Crippen molar-refractivity contribution in [3.8, 4) is 11.5 Å². The third-order valence-electron chi connectivity index (χ3n) is 4.32. The van der Waals surface area contributed by atoms with Crippen molar-refractivity contribution in [1.29, 1.82) is 0 Å². The number of nitrogens with zero attached hydrogens (tertiary/aromatic N) is 1. The maximum Gasteiger partial charge on any atom is 0.254 e. The summed E-state index contributed by atoms with van der Waals surface area (Å²) in [5.74, 6) is 1.65. The number of ether oxygens (including phenoxy) is 2. The van der Waals surface area contributed by atoms with Gasteiger partial charge in [0.15, 0.2) is 11.5 Å². The summed E-state index contributed by atoms with van der Waals surface area (Å²) in [4.78, 5) is 14.7. The number of methoxy groups -OCH3 is 1. The number of amides is 1. The molecule has 1 aliphatic heterocycles. The van der Waals surface area contributed by atoms with Crippen LogP contribution in [0.3, 0.4) is 0 Å². The Balaban J connectivity index is 0.00000312. The maximum absolute atomic E-state index is 12.8. The molecule has 0 radical (unpaired) electrons. The molecule has 0 aliphatic carbocycles. The lowest BCUT2D eigenvalue weighted by atomic mass is 9.96. The molecule has 5 nitrogen and oxygen atoms in total. The number of benzene rings is 1. The minimum absolute atomic E-state index is 0. The van der Waals surface area contributed by atoms with E-state index in [9.17, 15) is 4.79 Å². The summed E-state index contributed by atoms with van der Waals surface area (Å²) >= 11 is 6.31. The molecular weight excluding hydrogens is 363 g/mol. The Hall–Kier alpha value is -1.17. The number of likely N-dealkylation sites (tertiary alicyclic amines) is 1. The van der Waals surface area contributed by atoms with Gasteiger partial charge in [-0.3, -0.25) is 4.79 Å². The van der Waals surface area contributed by atoms with Gasteiger partial charge in [0.1, 0.15) is 0 Å². The van der Waals surface area contributed by atoms with Gasteiger partial charge in [0.05, 0.1) is 18.7 Å². The Kier molecular flexibility index (Phi) is 9.39. The second kappa shape index (κ2) is 10.7. The highest BCUT2D eigenvalue weighted by molar-refractivity contribution is 6.32. The quantitative estimate of drug-likeness (QED) is 0.771. The third-order valence-corrected chi connectivity index (χ3v) is 4.60. The normalized spacial score (nSPS) is 14.8. The molecule has 1 aromatic rings. The first-order chi connectivity index (χ1) is 11.6. The molecule has 1 fully saturated rings. The highest BCUT2D eigenvalue weighted by atomic mass is 35.5. The van der Waals surface area contributed by atoms with E-state index in [1.165, 1.54) is 0 Å². The van der Waals surface area contributed by atoms with Crippen LogP contribution in [0.4, 0.5) is 0 Å². The second-order valence-corrected chi connectivity index (χ2v) is 6.54. The van der Waals surface area contributed by atoms with E-state index in [2.05, 4.69) is 5.32 Å². The van der Waals surface area contributed by atoms with Gasteiger partial charge in [-0.05, 0) is 50.9 Å². The van der Waals surface area contributed by atoms with Gasteiger partial charge in [0, 0.05) is 18.7 Å². The fourth-order valence-electron chi connectivity index (χ4n) is 3.00. The monoisotopic (exact) mass is 390 g/mol. The molecule has 25 heavy (non-hydrogen) atoms. The minimum atomic E-state index is 0. The standard InChI is InChI=1S/C18H27ClN2O3.ClH/c1-4-9-24-17-15(19)10-14(11-16(17)23-3)18(22)21-7-5-13(6-8-21)12-20-2;/h10-11,13,20H,4-9,12H2,1-3H3;1H. The van der Waals surface area contributed by atoms with Crippen LogP contribution >= 0.6 is 24.0 Å². The van der Waals surface area contributed by atoms with Gasteiger partial charge in [0.25, 0.3) is 5.91 Å². The lowest BCUT2D eigenvalue weighted by Gasteiger charge is -2.32. The van der Waals surface area contributed by atoms with Crippen molar-refractivity contribution in [2.24, 2.45) is 5.92 Å². The average Bonchev–Trinajstić information content (AvgIpc) is 2.60. The molecule has 0 spiro atoms. The molecule has 1 N–H and O–H groups in total. The molecule has 1 aliphatic rings. The van der Waals surface area contributed by atoms with Crippen molar-refractivity contribution in [3.05, 3.63) is 22.7 Å². The predicted octanol–water partition coefficient (Wildman–Crippen LogP) is 3.63. The summed E-state index contributed by atoms with van der Waals surface area (Å²) in [6.45, 7) is 5.14. The van der Waals surface area contributed by atoms with Crippen LogP contribution in [0.25, 0.3) is 0 Å². The zero-order valence-electron chi connectivity index (χ0n) is 15.1. The molecule has 142 valence electrons. The molecule has 0 atom stereocenters. The number of nitrogens with one attached hydrogen (secondary N) is 1. The predicted molar refractivity (Wildman–Crippen MR) is 104 cm³/mol. The van der Waals surface area contributed by atoms with E-state index in [1.54, 1.807) is 19.2 Å². The summed E-state index contributed by atoms with van der Waals surface area (Å²) in [6.07, 6.45) is 2.92. The van der Waals surface area contributed by atoms with E-state index in [0.717, 1.165) is 38.9 Å². The molecule has 1 aromatic carbocycles. The maximum atomic E-state index is 12.8. The molecule has 0 unspecified atom stereocenters. The van der Waals surface area contributed by atoms with E-state index in [1.807, 2.05) is 18.9 Å². The first kappa shape index (κ1) is 21.9. The average molecular weight is 391 g/mol. The fourth-order valence-corrected chi connectivity index (χ4v) is 3.26. The molecule has 7 heteroatoms. The molecule has 0 saturated carbocycles. The van der Waals surface area contributed by atoms with E-state index >= 15 is 0 Å². The first-order valence-electron chi connectivity index (χ1n) is 8.54. The molecule has 1 saturated heterocycles. The number of rotatable bonds is 7. The van der Waals surface area contributed by atoms with Gasteiger partial charge in [-0.15, -0.1) is 12.4 Å². The Bertz CT molecular complexity index is 561. The first-order valence-corrected chi connectivity index (χ1v) is 8.92. The van der Waals surface area contributed by atoms with Crippen molar-refractivity contribution in [2.45, 2.75) is 26.2 Å². The van der Waals surface area contributed by atoms with E-state index in [-0.39, 0.29) is 18.3 Å². The van der Waals surface area contributed by atoms with Crippen molar-refractivity contribution < 1.29 is 14.3 Å². The van der Waals surface area contributed by atoms with Crippen LogP contribution in [0.5, 0.6) is 11.5 Å². The highest BCUT2D eigenvalue weighted by Crippen LogP contribution is 2.37. The topological polar surface area (TPSA) is 50.8 Å². The minimum Gasteiger partial charge on any atom is -0.493 e. The van der Waals surface area contributed by atoms with Crippen LogP contribution in [0.15, 0.2) is 12.1 Å². The van der Waals surface area contributed by atoms with Gasteiger partial charge in [-0.1, -0.05) is 18.5 Å². The molecule has 0 bridgehead atoms. The zero-order valence-corrected chi connectivity index (χ0v) is 16.7. The van der Waals surface area contributed by atoms with Crippen LogP contribution in [0.2, 0.25) is 5.02 Å². The van der Waals surface area contributed by atoms with Gasteiger partial charge >= 0.3 is 0 Å². The van der Waals surface area contributed by atoms with E-state index in [0.29, 0.717) is 34.6 Å². The van der Waals surface area contributed by atoms with Gasteiger partial charge in [0.2, 0.25) is 0 Å². The summed E-state index contributed by atoms with van der Waals surface area (Å²) in [6, 6.07) is 3.40. The van der Waals surface area contributed by atoms with E-state index < -0.39 is 0 Å². The van der Waals surface area contributed by atoms with Crippen molar-refractivity contribution >= 4 is 29.9 Å². The molecule has 0 aromatic heterocycles. The lowest BCUT2D eigenvalue weighted by molar-refractivity contribution is 0.0690. The van der Waals surface area contributed by atoms with Crippen LogP contribution in [-0.2, 0) is 0 Å². The Morgan fingerprint density at radius 2 is 2.04 bits per heavy atom. The number of hydrogen-bond donors (Lipinski definition) is 1. The summed E-state index contributed by atoms with van der Waals surface area (Å²) in [7, 11) is 3.52. The number of halogens is 2. The number of carbonyl (C=O) groups excluding carboxylic acids is 1. The highest BCUT2D eigenvalue weighted by Gasteiger charge is 2.25. The fraction of sp³-hybridized carbons (Fsp3) is 0.611. The number of piperidine rings is 1. The summed E-state index contributed by atoms with van der Waals surface area (Å²) < 4.78 is 11.0. The zero-order chi connectivity index (χ0) is 17.5. The van der Waals surface area contributed by atoms with Crippen molar-refractivity contribution in [3.63, 3.8) is 0 Å². The summed E-state index contributed by atoms with van der Waals surface area (Å²) in [5, 5.41) is 3.62. The van der Waals surface area contributed by atoms with Gasteiger partial charge in [-0.25, -0.2) is 0 Å². The van der Waals surface area contributed by atoms with Crippen LogP contribution in [0.1, 0.15) is 36.5 Å².